The van der Waals surface area contributed by atoms with E-state index in [1.807, 2.05) is 54.7 Å². The van der Waals surface area contributed by atoms with Gasteiger partial charge in [0.25, 0.3) is 0 Å². The topological polar surface area (TPSA) is 104 Å². The van der Waals surface area contributed by atoms with Gasteiger partial charge >= 0.3 is 0 Å². The standard InChI is InChI=1S/C25H25N5O2/c1-15(2)25(32)29-21(12-16-14-27-19-9-5-4-8-17(16)19)23(31)18(13-26)24-28-20-10-6-7-11-22(20)30(24)3/h4-11,14-15,18,21,27H,12H2,1-3H3,(H,29,32). The smallest absolute Gasteiger partial charge is 0.223 e. The van der Waals surface area contributed by atoms with Gasteiger partial charge in [-0.1, -0.05) is 44.2 Å². The molecule has 0 spiro atoms. The fourth-order valence-corrected chi connectivity index (χ4v) is 3.95. The number of rotatable bonds is 7. The van der Waals surface area contributed by atoms with Crippen LogP contribution in [-0.4, -0.2) is 32.3 Å². The molecule has 7 heteroatoms. The van der Waals surface area contributed by atoms with Crippen molar-refractivity contribution < 1.29 is 9.59 Å². The van der Waals surface area contributed by atoms with Crippen LogP contribution in [0.25, 0.3) is 21.9 Å². The van der Waals surface area contributed by atoms with E-state index in [2.05, 4.69) is 21.4 Å². The number of carbonyl (C=O) groups excluding carboxylic acids is 2. The minimum atomic E-state index is -1.10. The Bertz CT molecular complexity index is 1340. The van der Waals surface area contributed by atoms with Gasteiger partial charge in [0.2, 0.25) is 5.91 Å². The summed E-state index contributed by atoms with van der Waals surface area (Å²) in [7, 11) is 1.80. The number of hydrogen-bond acceptors (Lipinski definition) is 4. The van der Waals surface area contributed by atoms with E-state index >= 15 is 0 Å². The molecule has 2 aromatic carbocycles. The van der Waals surface area contributed by atoms with E-state index in [0.29, 0.717) is 5.82 Å². The van der Waals surface area contributed by atoms with E-state index in [0.717, 1.165) is 27.5 Å². The van der Waals surface area contributed by atoms with Crippen LogP contribution in [0.4, 0.5) is 0 Å². The molecule has 32 heavy (non-hydrogen) atoms. The summed E-state index contributed by atoms with van der Waals surface area (Å²) in [6.45, 7) is 3.55. The molecule has 2 heterocycles. The summed E-state index contributed by atoms with van der Waals surface area (Å²) < 4.78 is 1.77. The third kappa shape index (κ3) is 3.87. The van der Waals surface area contributed by atoms with Crippen LogP contribution in [0.2, 0.25) is 0 Å². The minimum Gasteiger partial charge on any atom is -0.361 e. The van der Waals surface area contributed by atoms with E-state index in [4.69, 9.17) is 0 Å². The Hall–Kier alpha value is -3.92. The number of nitrogens with zero attached hydrogens (tertiary/aromatic N) is 3. The highest BCUT2D eigenvalue weighted by atomic mass is 16.2. The predicted octanol–water partition coefficient (Wildman–Crippen LogP) is 3.61. The molecule has 1 amide bonds. The Balaban J connectivity index is 1.71. The second-order valence-corrected chi connectivity index (χ2v) is 8.26. The molecule has 7 nitrogen and oxygen atoms in total. The van der Waals surface area contributed by atoms with Crippen LogP contribution in [0.1, 0.15) is 31.2 Å². The van der Waals surface area contributed by atoms with Gasteiger partial charge in [-0.25, -0.2) is 4.98 Å². The highest BCUT2D eigenvalue weighted by Gasteiger charge is 2.33. The molecular formula is C25H25N5O2. The normalized spacial score (nSPS) is 13.2. The number of aryl methyl sites for hydroxylation is 1. The second-order valence-electron chi connectivity index (χ2n) is 8.26. The summed E-state index contributed by atoms with van der Waals surface area (Å²) in [5.41, 5.74) is 3.42. The van der Waals surface area contributed by atoms with E-state index in [1.54, 1.807) is 25.5 Å². The summed E-state index contributed by atoms with van der Waals surface area (Å²) in [4.78, 5) is 33.9. The molecule has 0 aliphatic rings. The van der Waals surface area contributed by atoms with Crippen molar-refractivity contribution in [2.75, 3.05) is 0 Å². The number of amides is 1. The van der Waals surface area contributed by atoms with Crippen molar-refractivity contribution >= 4 is 33.6 Å². The maximum absolute atomic E-state index is 13.6. The van der Waals surface area contributed by atoms with E-state index in [1.165, 1.54) is 0 Å². The highest BCUT2D eigenvalue weighted by Crippen LogP contribution is 2.25. The molecule has 4 rings (SSSR count). The zero-order valence-corrected chi connectivity index (χ0v) is 18.3. The lowest BCUT2D eigenvalue weighted by Gasteiger charge is -2.21. The predicted molar refractivity (Wildman–Crippen MR) is 123 cm³/mol. The van der Waals surface area contributed by atoms with Crippen molar-refractivity contribution in [3.63, 3.8) is 0 Å². The lowest BCUT2D eigenvalue weighted by molar-refractivity contribution is -0.129. The van der Waals surface area contributed by atoms with Gasteiger partial charge in [-0.15, -0.1) is 0 Å². The minimum absolute atomic E-state index is 0.232. The van der Waals surface area contributed by atoms with Gasteiger partial charge in [-0.2, -0.15) is 5.26 Å². The molecule has 0 fully saturated rings. The number of nitriles is 1. The molecule has 0 saturated carbocycles. The zero-order chi connectivity index (χ0) is 22.8. The first-order valence-corrected chi connectivity index (χ1v) is 10.6. The van der Waals surface area contributed by atoms with Crippen molar-refractivity contribution in [2.45, 2.75) is 32.2 Å². The van der Waals surface area contributed by atoms with E-state index in [-0.39, 0.29) is 24.0 Å². The van der Waals surface area contributed by atoms with Crippen molar-refractivity contribution in [1.29, 1.82) is 5.26 Å². The SMILES string of the molecule is CC(C)C(=O)NC(Cc1c[nH]c2ccccc12)C(=O)C(C#N)c1nc2ccccc2n1C. The number of hydrogen-bond donors (Lipinski definition) is 2. The molecule has 0 saturated heterocycles. The number of imidazole rings is 1. The summed E-state index contributed by atoms with van der Waals surface area (Å²) >= 11 is 0. The first kappa shape index (κ1) is 21.3. The van der Waals surface area contributed by atoms with Gasteiger partial charge in [-0.3, -0.25) is 9.59 Å². The first-order valence-electron chi connectivity index (χ1n) is 10.6. The van der Waals surface area contributed by atoms with Gasteiger partial charge < -0.3 is 14.9 Å². The van der Waals surface area contributed by atoms with Crippen LogP contribution in [0.3, 0.4) is 0 Å². The van der Waals surface area contributed by atoms with Crippen LogP contribution >= 0.6 is 0 Å². The number of benzene rings is 2. The number of nitrogens with one attached hydrogen (secondary N) is 2. The van der Waals surface area contributed by atoms with Crippen molar-refractivity contribution in [3.8, 4) is 6.07 Å². The van der Waals surface area contributed by atoms with Crippen LogP contribution in [0.5, 0.6) is 0 Å². The summed E-state index contributed by atoms with van der Waals surface area (Å²) in [5, 5.41) is 13.8. The fourth-order valence-electron chi connectivity index (χ4n) is 3.95. The molecule has 2 aromatic heterocycles. The zero-order valence-electron chi connectivity index (χ0n) is 18.3. The van der Waals surface area contributed by atoms with Crippen LogP contribution < -0.4 is 5.32 Å². The molecule has 2 unspecified atom stereocenters. The van der Waals surface area contributed by atoms with Gasteiger partial charge in [0.15, 0.2) is 11.7 Å². The molecule has 2 N–H and O–H groups in total. The quantitative estimate of drug-likeness (QED) is 0.470. The molecule has 0 bridgehead atoms. The summed E-state index contributed by atoms with van der Waals surface area (Å²) in [5.74, 6) is -1.61. The number of aromatic nitrogens is 3. The number of para-hydroxylation sites is 3. The average molecular weight is 428 g/mol. The van der Waals surface area contributed by atoms with E-state index < -0.39 is 12.0 Å². The molecule has 0 aliphatic heterocycles. The molecule has 0 radical (unpaired) electrons. The van der Waals surface area contributed by atoms with E-state index in [9.17, 15) is 14.9 Å². The number of ketones is 1. The number of fused-ring (bicyclic) bond motifs is 2. The lowest BCUT2D eigenvalue weighted by atomic mass is 9.93. The number of Topliss-reactive ketones (excluding diaryl/α,β-unsaturated/α-hetero) is 1. The monoisotopic (exact) mass is 427 g/mol. The Morgan fingerprint density at radius 2 is 1.88 bits per heavy atom. The average Bonchev–Trinajstić information content (AvgIpc) is 3.35. The molecule has 2 atom stereocenters. The van der Waals surface area contributed by atoms with Crippen LogP contribution in [-0.2, 0) is 23.1 Å². The number of aromatic amines is 1. The maximum Gasteiger partial charge on any atom is 0.223 e. The Labute approximate surface area is 186 Å². The molecular weight excluding hydrogens is 402 g/mol. The van der Waals surface area contributed by atoms with Crippen molar-refractivity contribution in [2.24, 2.45) is 13.0 Å². The maximum atomic E-state index is 13.6. The fraction of sp³-hybridized carbons (Fsp3) is 0.280. The number of carbonyl (C=O) groups is 2. The van der Waals surface area contributed by atoms with Crippen molar-refractivity contribution in [3.05, 3.63) is 66.1 Å². The van der Waals surface area contributed by atoms with Crippen LogP contribution in [0, 0.1) is 17.2 Å². The summed E-state index contributed by atoms with van der Waals surface area (Å²) in [6.07, 6.45) is 2.13. The largest absolute Gasteiger partial charge is 0.361 e. The third-order valence-corrected chi connectivity index (χ3v) is 5.78. The second kappa shape index (κ2) is 8.67. The first-order chi connectivity index (χ1) is 15.4. The Morgan fingerprint density at radius 3 is 2.59 bits per heavy atom. The molecule has 0 aliphatic carbocycles. The highest BCUT2D eigenvalue weighted by molar-refractivity contribution is 5.96. The Kier molecular flexibility index (Phi) is 5.78. The molecule has 4 aromatic rings. The van der Waals surface area contributed by atoms with Gasteiger partial charge in [0.05, 0.1) is 23.1 Å². The summed E-state index contributed by atoms with van der Waals surface area (Å²) in [6, 6.07) is 16.6. The van der Waals surface area contributed by atoms with Gasteiger partial charge in [0, 0.05) is 36.5 Å². The van der Waals surface area contributed by atoms with Gasteiger partial charge in [0.1, 0.15) is 5.82 Å². The van der Waals surface area contributed by atoms with Gasteiger partial charge in [-0.05, 0) is 23.8 Å². The number of H-pyrrole nitrogens is 1. The van der Waals surface area contributed by atoms with Crippen LogP contribution in [0.15, 0.2) is 54.7 Å². The Morgan fingerprint density at radius 1 is 1.16 bits per heavy atom. The van der Waals surface area contributed by atoms with Crippen molar-refractivity contribution in [1.82, 2.24) is 19.9 Å². The lowest BCUT2D eigenvalue weighted by Crippen LogP contribution is -2.46. The third-order valence-electron chi connectivity index (χ3n) is 5.78. The molecule has 162 valence electrons.